The number of hydrogen-bond acceptors (Lipinski definition) is 3. The molecule has 0 aliphatic heterocycles. The van der Waals surface area contributed by atoms with Gasteiger partial charge in [0.1, 0.15) is 6.07 Å². The molecular weight excluding hydrogens is 162 g/mol. The maximum atomic E-state index is 8.86. The summed E-state index contributed by atoms with van der Waals surface area (Å²) >= 11 is 0. The Hall–Kier alpha value is -1.82. The molecule has 1 heterocycles. The van der Waals surface area contributed by atoms with Crippen LogP contribution in [0.2, 0.25) is 0 Å². The largest absolute Gasteiger partial charge is 0.382 e. The first-order valence-electron chi connectivity index (χ1n) is 3.93. The zero-order chi connectivity index (χ0) is 9.68. The van der Waals surface area contributed by atoms with E-state index in [1.54, 1.807) is 18.6 Å². The molecule has 1 aromatic heterocycles. The minimum absolute atomic E-state index is 0.623. The zero-order valence-corrected chi connectivity index (χ0v) is 7.73. The van der Waals surface area contributed by atoms with Gasteiger partial charge in [-0.3, -0.25) is 4.98 Å². The van der Waals surface area contributed by atoms with Gasteiger partial charge in [-0.1, -0.05) is 6.07 Å². The van der Waals surface area contributed by atoms with Gasteiger partial charge in [0.25, 0.3) is 0 Å². The molecule has 0 N–H and O–H groups in total. The van der Waals surface area contributed by atoms with Crippen molar-refractivity contribution in [1.82, 2.24) is 9.88 Å². The fourth-order valence-electron chi connectivity index (χ4n) is 0.948. The van der Waals surface area contributed by atoms with Crippen LogP contribution in [-0.4, -0.2) is 24.0 Å². The van der Waals surface area contributed by atoms with Crippen LogP contribution in [-0.2, 0) is 0 Å². The Labute approximate surface area is 77.9 Å². The monoisotopic (exact) mass is 173 g/mol. The van der Waals surface area contributed by atoms with Crippen LogP contribution in [0.3, 0.4) is 0 Å². The average Bonchev–Trinajstić information content (AvgIpc) is 2.15. The number of hydrogen-bond donors (Lipinski definition) is 0. The van der Waals surface area contributed by atoms with Crippen molar-refractivity contribution in [3.05, 3.63) is 36.3 Å². The van der Waals surface area contributed by atoms with Crippen LogP contribution >= 0.6 is 0 Å². The molecule has 0 bridgehead atoms. The van der Waals surface area contributed by atoms with Crippen molar-refractivity contribution >= 4 is 5.57 Å². The summed E-state index contributed by atoms with van der Waals surface area (Å²) in [5.74, 6) is 0. The molecule has 0 radical (unpaired) electrons. The van der Waals surface area contributed by atoms with Gasteiger partial charge >= 0.3 is 0 Å². The maximum absolute atomic E-state index is 8.86. The van der Waals surface area contributed by atoms with Gasteiger partial charge in [0.15, 0.2) is 0 Å². The first kappa shape index (κ1) is 9.27. The predicted octanol–water partition coefficient (Wildman–Crippen LogP) is 1.51. The molecule has 0 saturated carbocycles. The summed E-state index contributed by atoms with van der Waals surface area (Å²) in [6.45, 7) is 0. The number of aromatic nitrogens is 1. The summed E-state index contributed by atoms with van der Waals surface area (Å²) in [4.78, 5) is 5.79. The number of nitriles is 1. The van der Waals surface area contributed by atoms with E-state index >= 15 is 0 Å². The molecule has 1 aromatic rings. The van der Waals surface area contributed by atoms with Gasteiger partial charge in [-0.15, -0.1) is 0 Å². The molecule has 0 atom stereocenters. The van der Waals surface area contributed by atoms with E-state index in [1.807, 2.05) is 31.1 Å². The topological polar surface area (TPSA) is 39.9 Å². The fourth-order valence-corrected chi connectivity index (χ4v) is 0.948. The maximum Gasteiger partial charge on any atom is 0.101 e. The van der Waals surface area contributed by atoms with Gasteiger partial charge in [-0.2, -0.15) is 5.26 Å². The van der Waals surface area contributed by atoms with Crippen molar-refractivity contribution in [2.75, 3.05) is 14.1 Å². The Bertz CT molecular complexity index is 333. The Balaban J connectivity index is 3.00. The molecule has 0 saturated heterocycles. The number of pyridine rings is 1. The highest BCUT2D eigenvalue weighted by molar-refractivity contribution is 5.75. The highest BCUT2D eigenvalue weighted by Gasteiger charge is 1.99. The zero-order valence-electron chi connectivity index (χ0n) is 7.73. The van der Waals surface area contributed by atoms with Crippen LogP contribution in [0.1, 0.15) is 5.56 Å². The summed E-state index contributed by atoms with van der Waals surface area (Å²) in [5.41, 5.74) is 1.47. The summed E-state index contributed by atoms with van der Waals surface area (Å²) in [6, 6.07) is 5.81. The van der Waals surface area contributed by atoms with Gasteiger partial charge in [0, 0.05) is 38.3 Å². The van der Waals surface area contributed by atoms with Crippen LogP contribution < -0.4 is 0 Å². The van der Waals surface area contributed by atoms with Crippen molar-refractivity contribution in [2.45, 2.75) is 0 Å². The molecule has 1 rings (SSSR count). The average molecular weight is 173 g/mol. The molecule has 0 aliphatic rings. The lowest BCUT2D eigenvalue weighted by Crippen LogP contribution is -2.02. The first-order chi connectivity index (χ1) is 6.24. The Morgan fingerprint density at radius 2 is 2.38 bits per heavy atom. The van der Waals surface area contributed by atoms with Crippen molar-refractivity contribution in [3.8, 4) is 6.07 Å². The van der Waals surface area contributed by atoms with E-state index in [2.05, 4.69) is 11.1 Å². The second-order valence-corrected chi connectivity index (χ2v) is 2.86. The van der Waals surface area contributed by atoms with Crippen molar-refractivity contribution < 1.29 is 0 Å². The first-order valence-corrected chi connectivity index (χ1v) is 3.93. The molecule has 0 aromatic carbocycles. The van der Waals surface area contributed by atoms with E-state index in [0.29, 0.717) is 5.57 Å². The van der Waals surface area contributed by atoms with E-state index in [4.69, 9.17) is 5.26 Å². The lowest BCUT2D eigenvalue weighted by molar-refractivity contribution is 0.566. The van der Waals surface area contributed by atoms with Gasteiger partial charge < -0.3 is 4.90 Å². The Kier molecular flexibility index (Phi) is 3.04. The van der Waals surface area contributed by atoms with Gasteiger partial charge in [0.05, 0.1) is 5.57 Å². The van der Waals surface area contributed by atoms with Crippen LogP contribution in [0.25, 0.3) is 5.57 Å². The molecule has 0 fully saturated rings. The van der Waals surface area contributed by atoms with E-state index in [1.165, 1.54) is 0 Å². The summed E-state index contributed by atoms with van der Waals surface area (Å²) in [6.07, 6.45) is 5.14. The van der Waals surface area contributed by atoms with E-state index in [0.717, 1.165) is 5.56 Å². The van der Waals surface area contributed by atoms with Crippen molar-refractivity contribution in [3.63, 3.8) is 0 Å². The number of nitrogens with zero attached hydrogens (tertiary/aromatic N) is 3. The third-order valence-electron chi connectivity index (χ3n) is 1.48. The lowest BCUT2D eigenvalue weighted by Gasteiger charge is -2.05. The molecule has 3 nitrogen and oxygen atoms in total. The summed E-state index contributed by atoms with van der Waals surface area (Å²) < 4.78 is 0. The minimum atomic E-state index is 0.623. The molecular formula is C10H11N3. The molecule has 0 unspecified atom stereocenters. The quantitative estimate of drug-likeness (QED) is 0.636. The smallest absolute Gasteiger partial charge is 0.101 e. The van der Waals surface area contributed by atoms with Crippen molar-refractivity contribution in [2.24, 2.45) is 0 Å². The Morgan fingerprint density at radius 3 is 2.85 bits per heavy atom. The molecule has 3 heteroatoms. The lowest BCUT2D eigenvalue weighted by atomic mass is 10.1. The van der Waals surface area contributed by atoms with Crippen LogP contribution in [0.15, 0.2) is 30.7 Å². The van der Waals surface area contributed by atoms with Gasteiger partial charge in [-0.05, 0) is 6.07 Å². The molecule has 0 aliphatic carbocycles. The third-order valence-corrected chi connectivity index (χ3v) is 1.48. The second kappa shape index (κ2) is 4.27. The van der Waals surface area contributed by atoms with Crippen LogP contribution in [0, 0.1) is 11.3 Å². The third kappa shape index (κ3) is 2.60. The Morgan fingerprint density at radius 1 is 1.62 bits per heavy atom. The second-order valence-electron chi connectivity index (χ2n) is 2.86. The summed E-state index contributed by atoms with van der Waals surface area (Å²) in [7, 11) is 3.77. The standard InChI is InChI=1S/C10H11N3/c1-13(2)8-10(6-11)9-4-3-5-12-7-9/h3-5,7-8H,1-2H3/b10-8+. The van der Waals surface area contributed by atoms with Crippen LogP contribution in [0.4, 0.5) is 0 Å². The molecule has 13 heavy (non-hydrogen) atoms. The summed E-state index contributed by atoms with van der Waals surface area (Å²) in [5, 5.41) is 8.86. The molecule has 0 spiro atoms. The van der Waals surface area contributed by atoms with E-state index in [-0.39, 0.29) is 0 Å². The van der Waals surface area contributed by atoms with Crippen molar-refractivity contribution in [1.29, 1.82) is 5.26 Å². The highest BCUT2D eigenvalue weighted by atomic mass is 15.0. The van der Waals surface area contributed by atoms with Gasteiger partial charge in [0.2, 0.25) is 0 Å². The van der Waals surface area contributed by atoms with E-state index < -0.39 is 0 Å². The normalized spacial score (nSPS) is 10.7. The minimum Gasteiger partial charge on any atom is -0.382 e. The SMILES string of the molecule is CN(C)/C=C(\C#N)c1cccnc1. The highest BCUT2D eigenvalue weighted by Crippen LogP contribution is 2.11. The predicted molar refractivity (Wildman–Crippen MR) is 51.5 cm³/mol. The molecule has 0 amide bonds. The number of allylic oxidation sites excluding steroid dienone is 1. The van der Waals surface area contributed by atoms with E-state index in [9.17, 15) is 0 Å². The van der Waals surface area contributed by atoms with Crippen LogP contribution in [0.5, 0.6) is 0 Å². The number of rotatable bonds is 2. The fraction of sp³-hybridized carbons (Fsp3) is 0.200. The molecule has 66 valence electrons. The van der Waals surface area contributed by atoms with Gasteiger partial charge in [-0.25, -0.2) is 0 Å².